The lowest BCUT2D eigenvalue weighted by atomic mass is 9.84. The van der Waals surface area contributed by atoms with Gasteiger partial charge in [-0.25, -0.2) is 0 Å². The van der Waals surface area contributed by atoms with E-state index in [4.69, 9.17) is 23.2 Å². The summed E-state index contributed by atoms with van der Waals surface area (Å²) in [5.41, 5.74) is 8.89. The first kappa shape index (κ1) is 22.5. The Balaban J connectivity index is 1.96. The number of rotatable bonds is 6. The fourth-order valence-electron chi connectivity index (χ4n) is 4.02. The van der Waals surface area contributed by atoms with Gasteiger partial charge >= 0.3 is 0 Å². The molecule has 0 saturated carbocycles. The number of hydrogen-bond donors (Lipinski definition) is 1. The van der Waals surface area contributed by atoms with Crippen molar-refractivity contribution in [3.8, 4) is 11.1 Å². The van der Waals surface area contributed by atoms with Crippen LogP contribution in [0, 0.1) is 20.8 Å². The summed E-state index contributed by atoms with van der Waals surface area (Å²) in [5, 5.41) is 4.23. The number of benzene rings is 3. The number of aryl methyl sites for hydroxylation is 3. The Morgan fingerprint density at radius 1 is 0.933 bits per heavy atom. The van der Waals surface area contributed by atoms with Gasteiger partial charge in [0.1, 0.15) is 0 Å². The molecule has 0 aliphatic heterocycles. The molecule has 0 aliphatic carbocycles. The maximum Gasteiger partial charge on any atom is 0.0513 e. The largest absolute Gasteiger partial charge is 0.359 e. The molecule has 0 heterocycles. The molecule has 0 radical (unpaired) electrons. The van der Waals surface area contributed by atoms with Crippen LogP contribution in [0.1, 0.15) is 42.0 Å². The van der Waals surface area contributed by atoms with Crippen molar-refractivity contribution in [1.29, 1.82) is 0 Å². The van der Waals surface area contributed by atoms with Gasteiger partial charge in [0.05, 0.1) is 4.87 Å². The van der Waals surface area contributed by atoms with Crippen LogP contribution in [0.25, 0.3) is 11.1 Å². The van der Waals surface area contributed by atoms with Crippen LogP contribution in [0.15, 0.2) is 72.9 Å². The van der Waals surface area contributed by atoms with E-state index in [0.717, 1.165) is 22.5 Å². The van der Waals surface area contributed by atoms with Gasteiger partial charge < -0.3 is 5.32 Å². The van der Waals surface area contributed by atoms with E-state index in [1.807, 2.05) is 32.9 Å². The third kappa shape index (κ3) is 5.28. The van der Waals surface area contributed by atoms with Crippen LogP contribution >= 0.6 is 23.2 Å². The monoisotopic (exact) mass is 437 g/mol. The zero-order chi connectivity index (χ0) is 22.1. The highest BCUT2D eigenvalue weighted by atomic mass is 35.5. The number of nitrogens with one attached hydrogen (secondary N) is 1. The van der Waals surface area contributed by atoms with Crippen molar-refractivity contribution < 1.29 is 0 Å². The first-order valence-electron chi connectivity index (χ1n) is 10.1. The van der Waals surface area contributed by atoms with E-state index in [0.29, 0.717) is 5.02 Å². The molecule has 0 aliphatic rings. The van der Waals surface area contributed by atoms with Crippen LogP contribution in [0.5, 0.6) is 0 Å². The Bertz CT molecular complexity index is 1060. The van der Waals surface area contributed by atoms with Gasteiger partial charge in [0.2, 0.25) is 0 Å². The normalized spacial score (nSPS) is 12.5. The van der Waals surface area contributed by atoms with Crippen molar-refractivity contribution in [3.63, 3.8) is 0 Å². The summed E-state index contributed by atoms with van der Waals surface area (Å²) in [4.78, 5) is -0.536. The average Bonchev–Trinajstić information content (AvgIpc) is 2.61. The van der Waals surface area contributed by atoms with Crippen molar-refractivity contribution in [2.24, 2.45) is 0 Å². The number of allylic oxidation sites excluding steroid dienone is 1. The van der Waals surface area contributed by atoms with E-state index >= 15 is 0 Å². The molecule has 3 heteroatoms. The van der Waals surface area contributed by atoms with Crippen LogP contribution in [0.4, 0.5) is 5.69 Å². The van der Waals surface area contributed by atoms with E-state index < -0.39 is 4.87 Å². The van der Waals surface area contributed by atoms with Gasteiger partial charge in [-0.05, 0) is 86.7 Å². The lowest BCUT2D eigenvalue weighted by Gasteiger charge is -2.32. The molecule has 1 N–H and O–H groups in total. The highest BCUT2D eigenvalue weighted by Crippen LogP contribution is 2.40. The molecule has 3 rings (SSSR count). The van der Waals surface area contributed by atoms with Gasteiger partial charge in [-0.15, -0.1) is 11.6 Å². The van der Waals surface area contributed by atoms with Crippen molar-refractivity contribution in [3.05, 3.63) is 100 Å². The van der Waals surface area contributed by atoms with Crippen LogP contribution in [0.3, 0.4) is 0 Å². The van der Waals surface area contributed by atoms with E-state index in [2.05, 4.69) is 74.3 Å². The first-order chi connectivity index (χ1) is 14.0. The van der Waals surface area contributed by atoms with E-state index in [-0.39, 0.29) is 5.92 Å². The van der Waals surface area contributed by atoms with Crippen molar-refractivity contribution in [2.45, 2.75) is 45.4 Å². The number of hydrogen-bond acceptors (Lipinski definition) is 1. The Morgan fingerprint density at radius 2 is 1.67 bits per heavy atom. The molecule has 1 unspecified atom stereocenters. The second-order valence-electron chi connectivity index (χ2n) is 8.61. The zero-order valence-corrected chi connectivity index (χ0v) is 19.8. The smallest absolute Gasteiger partial charge is 0.0513 e. The molecular formula is C27H29Cl2N. The minimum Gasteiger partial charge on any atom is -0.359 e. The number of halogens is 2. The van der Waals surface area contributed by atoms with Gasteiger partial charge in [0.15, 0.2) is 0 Å². The molecule has 0 aromatic heterocycles. The molecule has 0 saturated heterocycles. The molecule has 0 spiro atoms. The summed E-state index contributed by atoms with van der Waals surface area (Å²) in [7, 11) is 0. The third-order valence-corrected chi connectivity index (χ3v) is 5.74. The Kier molecular flexibility index (Phi) is 6.65. The molecule has 0 bridgehead atoms. The molecular weight excluding hydrogens is 409 g/mol. The second-order valence-corrected chi connectivity index (χ2v) is 10.0. The Labute approximate surface area is 190 Å². The maximum absolute atomic E-state index is 6.83. The number of alkyl halides is 1. The lowest BCUT2D eigenvalue weighted by molar-refractivity contribution is 0.599. The van der Waals surface area contributed by atoms with Gasteiger partial charge in [-0.2, -0.15) is 0 Å². The molecule has 0 fully saturated rings. The topological polar surface area (TPSA) is 12.0 Å². The molecule has 1 nitrogen and oxygen atoms in total. The van der Waals surface area contributed by atoms with Crippen molar-refractivity contribution >= 4 is 28.9 Å². The fraction of sp³-hybridized carbons (Fsp3) is 0.259. The molecule has 1 atom stereocenters. The van der Waals surface area contributed by atoms with Gasteiger partial charge in [-0.3, -0.25) is 0 Å². The van der Waals surface area contributed by atoms with E-state index in [1.165, 1.54) is 22.3 Å². The second kappa shape index (κ2) is 8.88. The van der Waals surface area contributed by atoms with Crippen LogP contribution < -0.4 is 5.32 Å². The first-order valence-corrected chi connectivity index (χ1v) is 10.9. The van der Waals surface area contributed by atoms with Crippen molar-refractivity contribution in [1.82, 2.24) is 0 Å². The van der Waals surface area contributed by atoms with Crippen LogP contribution in [0.2, 0.25) is 5.02 Å². The quantitative estimate of drug-likeness (QED) is 0.380. The van der Waals surface area contributed by atoms with Gasteiger partial charge in [0, 0.05) is 22.3 Å². The predicted octanol–water partition coefficient (Wildman–Crippen LogP) is 8.66. The minimum absolute atomic E-state index is 0.111. The summed E-state index contributed by atoms with van der Waals surface area (Å²) >= 11 is 13.2. The molecule has 3 aromatic carbocycles. The summed E-state index contributed by atoms with van der Waals surface area (Å²) < 4.78 is 0. The van der Waals surface area contributed by atoms with E-state index in [1.54, 1.807) is 0 Å². The lowest BCUT2D eigenvalue weighted by Crippen LogP contribution is -2.27. The molecule has 156 valence electrons. The standard InChI is InChI=1S/C27H29Cl2N/c1-17-8-7-9-21(12-17)25-16-24(11-10-19(25)3)30-20(4)26(27(5,6)29)22-13-18(2)14-23(28)15-22/h7-16,26,30H,4H2,1-3,5-6H3. The Morgan fingerprint density at radius 3 is 2.30 bits per heavy atom. The summed E-state index contributed by atoms with van der Waals surface area (Å²) in [6, 6.07) is 21.0. The highest BCUT2D eigenvalue weighted by molar-refractivity contribution is 6.30. The molecule has 0 amide bonds. The number of anilines is 1. The highest BCUT2D eigenvalue weighted by Gasteiger charge is 2.31. The maximum atomic E-state index is 6.83. The molecule has 30 heavy (non-hydrogen) atoms. The third-order valence-electron chi connectivity index (χ3n) is 5.30. The summed E-state index contributed by atoms with van der Waals surface area (Å²) in [6.07, 6.45) is 0. The predicted molar refractivity (Wildman–Crippen MR) is 133 cm³/mol. The van der Waals surface area contributed by atoms with Crippen LogP contribution in [-0.4, -0.2) is 4.87 Å². The summed E-state index contributed by atoms with van der Waals surface area (Å²) in [6.45, 7) is 14.7. The van der Waals surface area contributed by atoms with Gasteiger partial charge in [-0.1, -0.05) is 60.1 Å². The average molecular weight is 438 g/mol. The van der Waals surface area contributed by atoms with Crippen LogP contribution in [-0.2, 0) is 0 Å². The molecule has 3 aromatic rings. The van der Waals surface area contributed by atoms with Gasteiger partial charge in [0.25, 0.3) is 0 Å². The zero-order valence-electron chi connectivity index (χ0n) is 18.3. The Hall–Kier alpha value is -2.22. The fourth-order valence-corrected chi connectivity index (χ4v) is 4.58. The van der Waals surface area contributed by atoms with E-state index in [9.17, 15) is 0 Å². The minimum atomic E-state index is -0.536. The van der Waals surface area contributed by atoms with Crippen molar-refractivity contribution in [2.75, 3.05) is 5.32 Å². The summed E-state index contributed by atoms with van der Waals surface area (Å²) in [5.74, 6) is -0.111. The SMILES string of the molecule is C=C(Nc1ccc(C)c(-c2cccc(C)c2)c1)C(c1cc(C)cc(Cl)c1)C(C)(C)Cl.